The lowest BCUT2D eigenvalue weighted by Crippen LogP contribution is -2.50. The molecule has 0 saturated carbocycles. The maximum atomic E-state index is 5.46. The van der Waals surface area contributed by atoms with E-state index < -0.39 is 0 Å². The van der Waals surface area contributed by atoms with Gasteiger partial charge in [-0.15, -0.1) is 0 Å². The molecule has 0 aromatic heterocycles. The molecule has 3 aliphatic rings. The lowest BCUT2D eigenvalue weighted by molar-refractivity contribution is 0.368. The van der Waals surface area contributed by atoms with Crippen molar-refractivity contribution in [3.63, 3.8) is 0 Å². The summed E-state index contributed by atoms with van der Waals surface area (Å²) in [5, 5.41) is 11.0. The molecular formula is C17H20N4S. The van der Waals surface area contributed by atoms with Crippen molar-refractivity contribution in [1.82, 2.24) is 16.0 Å². The molecule has 1 fully saturated rings. The molecule has 22 heavy (non-hydrogen) atoms. The first-order chi connectivity index (χ1) is 10.8. The predicted octanol–water partition coefficient (Wildman–Crippen LogP) is 2.26. The van der Waals surface area contributed by atoms with E-state index in [4.69, 9.17) is 12.2 Å². The van der Waals surface area contributed by atoms with Gasteiger partial charge in [-0.2, -0.15) is 0 Å². The predicted molar refractivity (Wildman–Crippen MR) is 92.7 cm³/mol. The van der Waals surface area contributed by atoms with Crippen LogP contribution in [0.3, 0.4) is 0 Å². The zero-order valence-electron chi connectivity index (χ0n) is 12.4. The van der Waals surface area contributed by atoms with Crippen LogP contribution in [-0.4, -0.2) is 24.0 Å². The third-order valence-electron chi connectivity index (χ3n) is 4.69. The highest BCUT2D eigenvalue weighted by Gasteiger charge is 2.36. The Kier molecular flexibility index (Phi) is 3.58. The fraction of sp³-hybridized carbons (Fsp3) is 0.412. The summed E-state index contributed by atoms with van der Waals surface area (Å²) in [7, 11) is 0. The average Bonchev–Trinajstić information content (AvgIpc) is 3.08. The molecule has 1 saturated heterocycles. The van der Waals surface area contributed by atoms with Gasteiger partial charge < -0.3 is 16.0 Å². The van der Waals surface area contributed by atoms with Crippen LogP contribution in [0, 0.1) is 5.92 Å². The molecular weight excluding hydrogens is 292 g/mol. The van der Waals surface area contributed by atoms with Crippen molar-refractivity contribution < 1.29 is 0 Å². The second kappa shape index (κ2) is 5.72. The number of benzene rings is 1. The summed E-state index contributed by atoms with van der Waals surface area (Å²) >= 11 is 5.46. The Hall–Kier alpha value is -1.88. The summed E-state index contributed by atoms with van der Waals surface area (Å²) in [6.07, 6.45) is 3.45. The minimum atomic E-state index is 0.252. The first kappa shape index (κ1) is 13.8. The third kappa shape index (κ3) is 2.39. The van der Waals surface area contributed by atoms with E-state index >= 15 is 0 Å². The van der Waals surface area contributed by atoms with Crippen molar-refractivity contribution in [1.29, 1.82) is 0 Å². The maximum absolute atomic E-state index is 5.46. The Morgan fingerprint density at radius 3 is 2.82 bits per heavy atom. The van der Waals surface area contributed by atoms with E-state index in [1.54, 1.807) is 0 Å². The zero-order valence-corrected chi connectivity index (χ0v) is 13.2. The van der Waals surface area contributed by atoms with Gasteiger partial charge in [0.25, 0.3) is 0 Å². The van der Waals surface area contributed by atoms with Gasteiger partial charge in [-0.25, -0.2) is 0 Å². The highest BCUT2D eigenvalue weighted by Crippen LogP contribution is 2.39. The van der Waals surface area contributed by atoms with Crippen LogP contribution < -0.4 is 16.0 Å². The van der Waals surface area contributed by atoms with E-state index in [1.807, 2.05) is 0 Å². The number of rotatable bonds is 2. The number of amidine groups is 1. The molecule has 4 nitrogen and oxygen atoms in total. The van der Waals surface area contributed by atoms with Gasteiger partial charge in [-0.05, 0) is 37.0 Å². The number of fused-ring (bicyclic) bond motifs is 1. The lowest BCUT2D eigenvalue weighted by atomic mass is 9.78. The van der Waals surface area contributed by atoms with Crippen LogP contribution in [0.25, 0.3) is 0 Å². The summed E-state index contributed by atoms with van der Waals surface area (Å²) in [6, 6.07) is 10.9. The molecule has 1 aromatic rings. The van der Waals surface area contributed by atoms with Gasteiger partial charge >= 0.3 is 0 Å². The van der Waals surface area contributed by atoms with Gasteiger partial charge in [-0.3, -0.25) is 4.99 Å². The Bertz CT molecular complexity index is 650. The van der Waals surface area contributed by atoms with Gasteiger partial charge in [0, 0.05) is 23.7 Å². The summed E-state index contributed by atoms with van der Waals surface area (Å²) < 4.78 is 0. The smallest absolute Gasteiger partial charge is 0.171 e. The number of thiocarbonyl (C=S) groups is 1. The number of hydrogen-bond donors (Lipinski definition) is 3. The fourth-order valence-corrected chi connectivity index (χ4v) is 3.96. The second-order valence-corrected chi connectivity index (χ2v) is 6.44. The first-order valence-corrected chi connectivity index (χ1v) is 8.38. The second-order valence-electron chi connectivity index (χ2n) is 6.03. The summed E-state index contributed by atoms with van der Waals surface area (Å²) in [6.45, 7) is 1.82. The highest BCUT2D eigenvalue weighted by molar-refractivity contribution is 7.80. The van der Waals surface area contributed by atoms with E-state index in [0.717, 1.165) is 30.5 Å². The number of aliphatic imine (C=N–C) groups is 1. The third-order valence-corrected chi connectivity index (χ3v) is 4.91. The molecule has 0 radical (unpaired) electrons. The molecule has 0 unspecified atom stereocenters. The van der Waals surface area contributed by atoms with Crippen molar-refractivity contribution in [3.05, 3.63) is 47.2 Å². The van der Waals surface area contributed by atoms with E-state index in [9.17, 15) is 0 Å². The highest BCUT2D eigenvalue weighted by atomic mass is 32.1. The standard InChI is InChI=1S/C17H20N4S/c22-17-20-14(11-5-2-1-3-6-11)12-7-4-8-13(15(12)21-17)16-18-9-10-19-16/h1-3,5-6,12,14H,4,7-10H2,(H,18,19)(H2,20,21,22)/t12-,14-/m0/s1. The van der Waals surface area contributed by atoms with E-state index in [1.165, 1.54) is 29.7 Å². The number of nitrogens with one attached hydrogen (secondary N) is 3. The molecule has 3 N–H and O–H groups in total. The molecule has 0 bridgehead atoms. The quantitative estimate of drug-likeness (QED) is 0.733. The largest absolute Gasteiger partial charge is 0.368 e. The van der Waals surface area contributed by atoms with E-state index in [2.05, 4.69) is 51.3 Å². The molecule has 114 valence electrons. The van der Waals surface area contributed by atoms with Gasteiger partial charge in [0.05, 0.1) is 12.6 Å². The molecule has 2 heterocycles. The topological polar surface area (TPSA) is 48.5 Å². The fourth-order valence-electron chi connectivity index (χ4n) is 3.73. The summed E-state index contributed by atoms with van der Waals surface area (Å²) in [5.74, 6) is 1.51. The Morgan fingerprint density at radius 2 is 2.05 bits per heavy atom. The van der Waals surface area contributed by atoms with Gasteiger partial charge in [-0.1, -0.05) is 30.3 Å². The molecule has 2 aliphatic heterocycles. The van der Waals surface area contributed by atoms with Gasteiger partial charge in [0.2, 0.25) is 0 Å². The van der Waals surface area contributed by atoms with Crippen molar-refractivity contribution in [2.24, 2.45) is 10.9 Å². The molecule has 1 aromatic carbocycles. The van der Waals surface area contributed by atoms with Crippen LogP contribution in [0.5, 0.6) is 0 Å². The molecule has 5 heteroatoms. The van der Waals surface area contributed by atoms with Crippen LogP contribution in [0.15, 0.2) is 46.6 Å². The first-order valence-electron chi connectivity index (χ1n) is 7.97. The van der Waals surface area contributed by atoms with E-state index in [-0.39, 0.29) is 6.04 Å². The SMILES string of the molecule is S=C1NC2=C(C3=NCCN3)CCC[C@H]2[C@H](c2ccccc2)N1. The van der Waals surface area contributed by atoms with Crippen molar-refractivity contribution >= 4 is 23.2 Å². The normalized spacial score (nSPS) is 27.5. The van der Waals surface area contributed by atoms with Crippen molar-refractivity contribution in [3.8, 4) is 0 Å². The monoisotopic (exact) mass is 312 g/mol. The Labute approximate surface area is 136 Å². The van der Waals surface area contributed by atoms with Crippen LogP contribution in [-0.2, 0) is 0 Å². The minimum Gasteiger partial charge on any atom is -0.368 e. The van der Waals surface area contributed by atoms with Crippen molar-refractivity contribution in [2.45, 2.75) is 25.3 Å². The summed E-state index contributed by atoms with van der Waals surface area (Å²) in [4.78, 5) is 4.62. The molecule has 1 aliphatic carbocycles. The molecule has 4 rings (SSSR count). The lowest BCUT2D eigenvalue weighted by Gasteiger charge is -2.40. The average molecular weight is 312 g/mol. The number of nitrogens with zero attached hydrogens (tertiary/aromatic N) is 1. The van der Waals surface area contributed by atoms with Crippen LogP contribution in [0.1, 0.15) is 30.9 Å². The van der Waals surface area contributed by atoms with Gasteiger partial charge in [0.15, 0.2) is 5.11 Å². The zero-order chi connectivity index (χ0) is 14.9. The molecule has 0 amide bonds. The maximum Gasteiger partial charge on any atom is 0.171 e. The summed E-state index contributed by atoms with van der Waals surface area (Å²) in [5.41, 5.74) is 3.91. The van der Waals surface area contributed by atoms with Crippen LogP contribution >= 0.6 is 12.2 Å². The minimum absolute atomic E-state index is 0.252. The molecule has 2 atom stereocenters. The van der Waals surface area contributed by atoms with Crippen LogP contribution in [0.4, 0.5) is 0 Å². The number of hydrogen-bond acceptors (Lipinski definition) is 3. The Morgan fingerprint density at radius 1 is 1.18 bits per heavy atom. The van der Waals surface area contributed by atoms with E-state index in [0.29, 0.717) is 5.92 Å². The van der Waals surface area contributed by atoms with Gasteiger partial charge in [0.1, 0.15) is 5.84 Å². The van der Waals surface area contributed by atoms with Crippen molar-refractivity contribution in [2.75, 3.05) is 13.1 Å². The molecule has 0 spiro atoms. The van der Waals surface area contributed by atoms with Crippen LogP contribution in [0.2, 0.25) is 0 Å². The Balaban J connectivity index is 1.75.